The van der Waals surface area contributed by atoms with E-state index in [4.69, 9.17) is 10.8 Å². The fourth-order valence-corrected chi connectivity index (χ4v) is 1.13. The van der Waals surface area contributed by atoms with E-state index in [-0.39, 0.29) is 0 Å². The number of hydrogen-bond donors (Lipinski definition) is 2. The van der Waals surface area contributed by atoms with Crippen LogP contribution in [0.25, 0.3) is 0 Å². The summed E-state index contributed by atoms with van der Waals surface area (Å²) in [5.41, 5.74) is 4.21. The summed E-state index contributed by atoms with van der Waals surface area (Å²) in [5, 5.41) is 8.50. The molecule has 0 fully saturated rings. The van der Waals surface area contributed by atoms with Crippen LogP contribution in [-0.2, 0) is 4.79 Å². The number of carboxylic acid groups (broad SMARTS) is 1. The average Bonchev–Trinajstić information content (AvgIpc) is 2.22. The second-order valence-electron chi connectivity index (χ2n) is 3.14. The number of aliphatic carboxylic acids is 1. The van der Waals surface area contributed by atoms with Crippen LogP contribution in [-0.4, -0.2) is 17.4 Å². The number of ether oxygens (including phenoxy) is 1. The Hall–Kier alpha value is -1.90. The number of carboxylic acids is 1. The van der Waals surface area contributed by atoms with Crippen molar-refractivity contribution in [1.82, 2.24) is 0 Å². The van der Waals surface area contributed by atoms with Crippen molar-refractivity contribution in [3.8, 4) is 5.75 Å². The standard InChI is InChI=1S/C9H6F5NO3/c10-4-2-1-3(6(15)8(16)17)5(11)7(4)18-9(12,13)14/h1-2,6H,15H2,(H,16,17). The minimum atomic E-state index is -5.31. The number of carbonyl (C=O) groups is 1. The molecule has 0 spiro atoms. The maximum absolute atomic E-state index is 13.5. The molecule has 100 valence electrons. The van der Waals surface area contributed by atoms with Crippen LogP contribution in [0.5, 0.6) is 5.75 Å². The van der Waals surface area contributed by atoms with E-state index in [0.29, 0.717) is 12.1 Å². The summed E-state index contributed by atoms with van der Waals surface area (Å²) in [5.74, 6) is -6.84. The van der Waals surface area contributed by atoms with Crippen LogP contribution in [0.4, 0.5) is 22.0 Å². The van der Waals surface area contributed by atoms with Gasteiger partial charge in [-0.15, -0.1) is 13.2 Å². The van der Waals surface area contributed by atoms with E-state index in [2.05, 4.69) is 4.74 Å². The number of alkyl halides is 3. The van der Waals surface area contributed by atoms with Gasteiger partial charge in [0.15, 0.2) is 11.6 Å². The van der Waals surface area contributed by atoms with Crippen LogP contribution >= 0.6 is 0 Å². The van der Waals surface area contributed by atoms with Crippen LogP contribution in [0, 0.1) is 11.6 Å². The Morgan fingerprint density at radius 1 is 1.33 bits per heavy atom. The molecular weight excluding hydrogens is 265 g/mol. The first-order valence-corrected chi connectivity index (χ1v) is 4.35. The van der Waals surface area contributed by atoms with Gasteiger partial charge in [-0.3, -0.25) is 4.79 Å². The Bertz CT molecular complexity index is 474. The number of rotatable bonds is 3. The van der Waals surface area contributed by atoms with Gasteiger partial charge in [0.05, 0.1) is 0 Å². The summed E-state index contributed by atoms with van der Waals surface area (Å²) >= 11 is 0. The number of hydrogen-bond acceptors (Lipinski definition) is 3. The van der Waals surface area contributed by atoms with E-state index in [9.17, 15) is 26.7 Å². The third-order valence-corrected chi connectivity index (χ3v) is 1.90. The van der Waals surface area contributed by atoms with Gasteiger partial charge < -0.3 is 15.6 Å². The van der Waals surface area contributed by atoms with Crippen molar-refractivity contribution in [1.29, 1.82) is 0 Å². The average molecular weight is 271 g/mol. The van der Waals surface area contributed by atoms with E-state index in [0.717, 1.165) is 0 Å². The van der Waals surface area contributed by atoms with Gasteiger partial charge in [-0.2, -0.15) is 0 Å². The fourth-order valence-electron chi connectivity index (χ4n) is 1.13. The Labute approximate surface area is 96.8 Å². The molecule has 0 aromatic heterocycles. The molecule has 1 atom stereocenters. The maximum Gasteiger partial charge on any atom is 0.573 e. The Morgan fingerprint density at radius 2 is 1.89 bits per heavy atom. The van der Waals surface area contributed by atoms with Crippen LogP contribution in [0.15, 0.2) is 12.1 Å². The smallest absolute Gasteiger partial charge is 0.480 e. The van der Waals surface area contributed by atoms with Gasteiger partial charge in [0.25, 0.3) is 0 Å². The van der Waals surface area contributed by atoms with Crippen molar-refractivity contribution in [2.24, 2.45) is 5.73 Å². The molecule has 0 aliphatic carbocycles. The number of halogens is 5. The molecule has 9 heteroatoms. The van der Waals surface area contributed by atoms with E-state index < -0.39 is 41.3 Å². The van der Waals surface area contributed by atoms with Crippen molar-refractivity contribution in [3.05, 3.63) is 29.3 Å². The first-order chi connectivity index (χ1) is 8.13. The molecular formula is C9H6F5NO3. The summed E-state index contributed by atoms with van der Waals surface area (Å²) in [7, 11) is 0. The monoisotopic (exact) mass is 271 g/mol. The SMILES string of the molecule is NC(C(=O)O)c1ccc(F)c(OC(F)(F)F)c1F. The van der Waals surface area contributed by atoms with Gasteiger partial charge in [0, 0.05) is 5.56 Å². The third-order valence-electron chi connectivity index (χ3n) is 1.90. The molecule has 0 aliphatic heterocycles. The second-order valence-corrected chi connectivity index (χ2v) is 3.14. The van der Waals surface area contributed by atoms with Crippen molar-refractivity contribution in [2.45, 2.75) is 12.4 Å². The van der Waals surface area contributed by atoms with Gasteiger partial charge in [-0.1, -0.05) is 6.07 Å². The lowest BCUT2D eigenvalue weighted by atomic mass is 10.1. The zero-order chi connectivity index (χ0) is 14.1. The summed E-state index contributed by atoms with van der Waals surface area (Å²) in [4.78, 5) is 10.5. The lowest BCUT2D eigenvalue weighted by molar-refractivity contribution is -0.276. The molecule has 0 heterocycles. The second kappa shape index (κ2) is 4.77. The summed E-state index contributed by atoms with van der Waals surface area (Å²) in [6, 6.07) is -0.865. The van der Waals surface area contributed by atoms with Crippen molar-refractivity contribution >= 4 is 5.97 Å². The maximum atomic E-state index is 13.5. The quantitative estimate of drug-likeness (QED) is 0.824. The lowest BCUT2D eigenvalue weighted by Gasteiger charge is -2.14. The molecule has 0 saturated carbocycles. The third kappa shape index (κ3) is 3.06. The topological polar surface area (TPSA) is 72.6 Å². The van der Waals surface area contributed by atoms with E-state index >= 15 is 0 Å². The van der Waals surface area contributed by atoms with E-state index in [1.807, 2.05) is 0 Å². The molecule has 1 rings (SSSR count). The molecule has 0 aliphatic rings. The predicted octanol–water partition coefficient (Wildman–Crippen LogP) is 1.95. The van der Waals surface area contributed by atoms with Gasteiger partial charge in [0.2, 0.25) is 5.75 Å². The van der Waals surface area contributed by atoms with Crippen molar-refractivity contribution in [3.63, 3.8) is 0 Å². The van der Waals surface area contributed by atoms with Crippen LogP contribution in [0.2, 0.25) is 0 Å². The highest BCUT2D eigenvalue weighted by atomic mass is 19.4. The molecule has 1 aromatic rings. The number of nitrogens with two attached hydrogens (primary N) is 1. The van der Waals surface area contributed by atoms with Gasteiger partial charge >= 0.3 is 12.3 Å². The Balaban J connectivity index is 3.27. The largest absolute Gasteiger partial charge is 0.573 e. The molecule has 1 unspecified atom stereocenters. The van der Waals surface area contributed by atoms with Crippen molar-refractivity contribution in [2.75, 3.05) is 0 Å². The highest BCUT2D eigenvalue weighted by Crippen LogP contribution is 2.32. The fraction of sp³-hybridized carbons (Fsp3) is 0.222. The van der Waals surface area contributed by atoms with Crippen LogP contribution in [0.3, 0.4) is 0 Å². The lowest BCUT2D eigenvalue weighted by Crippen LogP contribution is -2.24. The minimum absolute atomic E-state index is 0.433. The molecule has 4 nitrogen and oxygen atoms in total. The normalized spacial score (nSPS) is 13.2. The molecule has 3 N–H and O–H groups in total. The molecule has 0 amide bonds. The first-order valence-electron chi connectivity index (χ1n) is 4.35. The highest BCUT2D eigenvalue weighted by Gasteiger charge is 2.35. The Morgan fingerprint density at radius 3 is 2.33 bits per heavy atom. The van der Waals surface area contributed by atoms with E-state index in [1.54, 1.807) is 0 Å². The summed E-state index contributed by atoms with van der Waals surface area (Å²) < 4.78 is 65.2. The van der Waals surface area contributed by atoms with Gasteiger partial charge in [-0.05, 0) is 6.07 Å². The molecule has 18 heavy (non-hydrogen) atoms. The predicted molar refractivity (Wildman–Crippen MR) is 47.6 cm³/mol. The van der Waals surface area contributed by atoms with Crippen molar-refractivity contribution < 1.29 is 36.6 Å². The minimum Gasteiger partial charge on any atom is -0.480 e. The van der Waals surface area contributed by atoms with Gasteiger partial charge in [0.1, 0.15) is 6.04 Å². The van der Waals surface area contributed by atoms with Gasteiger partial charge in [-0.25, -0.2) is 8.78 Å². The zero-order valence-electron chi connectivity index (χ0n) is 8.46. The first kappa shape index (κ1) is 14.2. The Kier molecular flexibility index (Phi) is 3.75. The van der Waals surface area contributed by atoms with Crippen LogP contribution in [0.1, 0.15) is 11.6 Å². The molecule has 0 saturated heterocycles. The number of benzene rings is 1. The van der Waals surface area contributed by atoms with E-state index in [1.165, 1.54) is 0 Å². The highest BCUT2D eigenvalue weighted by molar-refractivity contribution is 5.75. The molecule has 1 aromatic carbocycles. The van der Waals surface area contributed by atoms with Crippen LogP contribution < -0.4 is 10.5 Å². The summed E-state index contributed by atoms with van der Waals surface area (Å²) in [6.45, 7) is 0. The molecule has 0 bridgehead atoms. The zero-order valence-corrected chi connectivity index (χ0v) is 8.46. The summed E-state index contributed by atoms with van der Waals surface area (Å²) in [6.07, 6.45) is -5.31. The molecule has 0 radical (unpaired) electrons.